The molecule has 0 aliphatic carbocycles. The van der Waals surface area contributed by atoms with Crippen LogP contribution in [0.15, 0.2) is 21.9 Å². The highest BCUT2D eigenvalue weighted by molar-refractivity contribution is 7.92. The van der Waals surface area contributed by atoms with Gasteiger partial charge in [0.25, 0.3) is 0 Å². The number of nitrogens with one attached hydrogen (secondary N) is 5. The Balaban J connectivity index is 1.91. The molecule has 0 spiro atoms. The predicted octanol–water partition coefficient (Wildman–Crippen LogP) is -2.89. The van der Waals surface area contributed by atoms with Gasteiger partial charge >= 0.3 is 0 Å². The van der Waals surface area contributed by atoms with Gasteiger partial charge in [-0.2, -0.15) is 5.21 Å². The number of benzene rings is 1. The maximum absolute atomic E-state index is 13.3. The lowest BCUT2D eigenvalue weighted by Crippen LogP contribution is -2.39. The van der Waals surface area contributed by atoms with E-state index >= 15 is 0 Å². The maximum atomic E-state index is 13.3. The van der Waals surface area contributed by atoms with Crippen molar-refractivity contribution >= 4 is 20.0 Å². The molecule has 2 aromatic rings. The molecule has 3 atom stereocenters. The molecule has 4 rings (SSSR count). The van der Waals surface area contributed by atoms with E-state index in [1.807, 2.05) is 0 Å². The minimum Gasteiger partial charge on any atom is -0.329 e. The Morgan fingerprint density at radius 3 is 2.48 bits per heavy atom. The van der Waals surface area contributed by atoms with E-state index in [4.69, 9.17) is 10.9 Å². The summed E-state index contributed by atoms with van der Waals surface area (Å²) in [5, 5.41) is 29.0. The second-order valence-electron chi connectivity index (χ2n) is 8.09. The van der Waals surface area contributed by atoms with Gasteiger partial charge in [0.1, 0.15) is 9.79 Å². The summed E-state index contributed by atoms with van der Waals surface area (Å²) in [6, 6.07) is 2.02. The minimum atomic E-state index is -4.53. The van der Waals surface area contributed by atoms with Crippen LogP contribution >= 0.6 is 0 Å². The molecule has 0 saturated carbocycles. The van der Waals surface area contributed by atoms with Crippen molar-refractivity contribution in [1.29, 1.82) is 0 Å². The summed E-state index contributed by atoms with van der Waals surface area (Å²) >= 11 is 0. The predicted molar refractivity (Wildman–Crippen MR) is 119 cm³/mol. The number of H-pyrrole nitrogens is 1. The Morgan fingerprint density at radius 2 is 1.85 bits per heavy atom. The number of sulfonamides is 2. The highest BCUT2D eigenvalue weighted by Crippen LogP contribution is 2.36. The summed E-state index contributed by atoms with van der Waals surface area (Å²) in [7, 11) is -8.76. The summed E-state index contributed by atoms with van der Waals surface area (Å²) in [5.74, 6) is -0.0797. The fourth-order valence-electron chi connectivity index (χ4n) is 4.23. The van der Waals surface area contributed by atoms with Crippen LogP contribution in [-0.2, 0) is 20.0 Å². The van der Waals surface area contributed by atoms with E-state index in [0.29, 0.717) is 38.2 Å². The van der Waals surface area contributed by atoms with Gasteiger partial charge in [-0.25, -0.2) is 26.7 Å². The number of hydrogen-bond acceptors (Lipinski definition) is 11. The lowest BCUT2D eigenvalue weighted by atomic mass is 9.98. The number of nitrogens with two attached hydrogens (primary N) is 2. The van der Waals surface area contributed by atoms with E-state index in [1.54, 1.807) is 6.07 Å². The van der Waals surface area contributed by atoms with Crippen molar-refractivity contribution in [3.8, 4) is 11.4 Å². The Kier molecular flexibility index (Phi) is 7.06. The Bertz CT molecular complexity index is 1180. The van der Waals surface area contributed by atoms with E-state index in [1.165, 1.54) is 6.07 Å². The topological polar surface area (TPSA) is 223 Å². The Morgan fingerprint density at radius 1 is 1.09 bits per heavy atom. The molecule has 1 aromatic heterocycles. The summed E-state index contributed by atoms with van der Waals surface area (Å²) in [5.41, 5.74) is 6.31. The SMILES string of the molecule is NCC1CCNCC(c2ccc(S(=O)(=O)NC3CCNC3)c(S(N)(=O)=O)c2-c2nn[nH]n2)N1. The van der Waals surface area contributed by atoms with Crippen LogP contribution in [-0.4, -0.2) is 82.3 Å². The zero-order valence-electron chi connectivity index (χ0n) is 17.8. The largest absolute Gasteiger partial charge is 0.329 e. The molecule has 2 aliphatic heterocycles. The van der Waals surface area contributed by atoms with Gasteiger partial charge in [0.15, 0.2) is 0 Å². The molecule has 182 valence electrons. The lowest BCUT2D eigenvalue weighted by molar-refractivity contribution is 0.459. The van der Waals surface area contributed by atoms with E-state index in [-0.39, 0.29) is 23.5 Å². The van der Waals surface area contributed by atoms with E-state index in [2.05, 4.69) is 41.3 Å². The molecule has 1 aromatic carbocycles. The number of primary sulfonamides is 1. The first-order valence-electron chi connectivity index (χ1n) is 10.5. The van der Waals surface area contributed by atoms with Crippen molar-refractivity contribution in [1.82, 2.24) is 41.3 Å². The third-order valence-corrected chi connectivity index (χ3v) is 8.48. The zero-order valence-corrected chi connectivity index (χ0v) is 19.4. The van der Waals surface area contributed by atoms with Crippen LogP contribution in [0.5, 0.6) is 0 Å². The molecule has 16 heteroatoms. The van der Waals surface area contributed by atoms with Gasteiger partial charge < -0.3 is 21.7 Å². The van der Waals surface area contributed by atoms with Gasteiger partial charge in [-0.05, 0) is 42.8 Å². The first-order chi connectivity index (χ1) is 15.7. The quantitative estimate of drug-likeness (QED) is 0.204. The van der Waals surface area contributed by atoms with Crippen molar-refractivity contribution < 1.29 is 16.8 Å². The molecule has 2 fully saturated rings. The van der Waals surface area contributed by atoms with Gasteiger partial charge in [0.2, 0.25) is 25.9 Å². The van der Waals surface area contributed by atoms with Crippen molar-refractivity contribution in [2.45, 2.75) is 40.8 Å². The first-order valence-corrected chi connectivity index (χ1v) is 13.6. The number of nitrogens with zero attached hydrogens (tertiary/aromatic N) is 3. The highest BCUT2D eigenvalue weighted by atomic mass is 32.2. The summed E-state index contributed by atoms with van der Waals surface area (Å²) in [6.45, 7) is 2.65. The Labute approximate surface area is 191 Å². The van der Waals surface area contributed by atoms with Crippen LogP contribution in [0.4, 0.5) is 0 Å². The smallest absolute Gasteiger partial charge is 0.242 e. The summed E-state index contributed by atoms with van der Waals surface area (Å²) in [4.78, 5) is -1.03. The van der Waals surface area contributed by atoms with Gasteiger partial charge in [-0.15, -0.1) is 10.2 Å². The average molecular weight is 501 g/mol. The molecular weight excluding hydrogens is 472 g/mol. The van der Waals surface area contributed by atoms with Crippen LogP contribution in [0.1, 0.15) is 24.4 Å². The van der Waals surface area contributed by atoms with Gasteiger partial charge in [-0.3, -0.25) is 0 Å². The van der Waals surface area contributed by atoms with Crippen molar-refractivity contribution in [3.05, 3.63) is 17.7 Å². The monoisotopic (exact) mass is 500 g/mol. The molecule has 3 unspecified atom stereocenters. The van der Waals surface area contributed by atoms with Crippen LogP contribution < -0.4 is 31.5 Å². The van der Waals surface area contributed by atoms with E-state index < -0.39 is 35.9 Å². The molecule has 3 heterocycles. The molecule has 2 aliphatic rings. The van der Waals surface area contributed by atoms with E-state index in [0.717, 1.165) is 13.0 Å². The number of aromatic nitrogens is 4. The van der Waals surface area contributed by atoms with Crippen molar-refractivity contribution in [3.63, 3.8) is 0 Å². The lowest BCUT2D eigenvalue weighted by Gasteiger charge is -2.25. The van der Waals surface area contributed by atoms with Crippen LogP contribution in [0.3, 0.4) is 0 Å². The third kappa shape index (κ3) is 5.22. The molecule has 14 nitrogen and oxygen atoms in total. The first kappa shape index (κ1) is 24.1. The third-order valence-electron chi connectivity index (χ3n) is 5.79. The average Bonchev–Trinajstić information content (AvgIpc) is 3.42. The molecule has 33 heavy (non-hydrogen) atoms. The van der Waals surface area contributed by atoms with E-state index in [9.17, 15) is 16.8 Å². The second kappa shape index (κ2) is 9.67. The molecule has 2 saturated heterocycles. The fraction of sp³-hybridized carbons (Fsp3) is 0.588. The Hall–Kier alpha value is -2.05. The summed E-state index contributed by atoms with van der Waals surface area (Å²) in [6.07, 6.45) is 1.36. The summed E-state index contributed by atoms with van der Waals surface area (Å²) < 4.78 is 54.7. The second-order valence-corrected chi connectivity index (χ2v) is 11.3. The number of aromatic amines is 1. The fourth-order valence-corrected chi connectivity index (χ4v) is 7.11. The normalized spacial score (nSPS) is 24.6. The minimum absolute atomic E-state index is 0.0179. The standard InChI is InChI=1S/C17H28N10O4S2/c18-7-10-3-5-21-9-13(22-10)12-1-2-14(33(30,31)25-11-4-6-20-8-11)16(32(19,28)29)15(12)17-23-26-27-24-17/h1-2,10-11,13,20-22,25H,3-9,18H2,(H2,19,28,29)(H,23,24,26,27). The molecular formula is C17H28N10O4S2. The molecule has 9 N–H and O–H groups in total. The van der Waals surface area contributed by atoms with Crippen LogP contribution in [0, 0.1) is 0 Å². The number of hydrogen-bond donors (Lipinski definition) is 7. The van der Waals surface area contributed by atoms with Crippen molar-refractivity contribution in [2.75, 3.05) is 32.7 Å². The highest BCUT2D eigenvalue weighted by Gasteiger charge is 2.35. The van der Waals surface area contributed by atoms with Gasteiger partial charge in [0.05, 0.1) is 0 Å². The van der Waals surface area contributed by atoms with Gasteiger partial charge in [-0.1, -0.05) is 6.07 Å². The molecule has 0 bridgehead atoms. The number of tetrazole rings is 1. The van der Waals surface area contributed by atoms with Crippen molar-refractivity contribution in [2.24, 2.45) is 10.9 Å². The van der Waals surface area contributed by atoms with Gasteiger partial charge in [0, 0.05) is 43.3 Å². The number of rotatable bonds is 7. The maximum Gasteiger partial charge on any atom is 0.242 e. The molecule has 0 radical (unpaired) electrons. The van der Waals surface area contributed by atoms with Crippen LogP contribution in [0.25, 0.3) is 11.4 Å². The zero-order chi connectivity index (χ0) is 23.6. The molecule has 0 amide bonds. The van der Waals surface area contributed by atoms with Crippen LogP contribution in [0.2, 0.25) is 0 Å².